The standard InChI is InChI=1S/C30H39N7/c1-22-11-9-14-25(23(22)2)36-19-17-35(18-20-36)16-10-15-31-27-26-28(33-21-32-27)37(24-12-7-6-8-13-24)29(34-26)30(3,4)5/h6-9,11-14,21H,10,15-20H2,1-5H3,(H,31,32,33). The molecule has 2 aromatic heterocycles. The molecule has 2 aromatic carbocycles. The Kier molecular flexibility index (Phi) is 7.15. The summed E-state index contributed by atoms with van der Waals surface area (Å²) in [5.41, 5.74) is 6.77. The van der Waals surface area contributed by atoms with E-state index in [9.17, 15) is 0 Å². The van der Waals surface area contributed by atoms with Crippen LogP contribution >= 0.6 is 0 Å². The van der Waals surface area contributed by atoms with Crippen LogP contribution in [-0.2, 0) is 5.41 Å². The molecule has 0 radical (unpaired) electrons. The van der Waals surface area contributed by atoms with Gasteiger partial charge in [0.25, 0.3) is 0 Å². The van der Waals surface area contributed by atoms with Gasteiger partial charge >= 0.3 is 0 Å². The number of benzene rings is 2. The molecule has 37 heavy (non-hydrogen) atoms. The van der Waals surface area contributed by atoms with E-state index >= 15 is 0 Å². The molecule has 3 heterocycles. The van der Waals surface area contributed by atoms with E-state index in [0.29, 0.717) is 0 Å². The van der Waals surface area contributed by atoms with Crippen LogP contribution in [0.5, 0.6) is 0 Å². The molecule has 0 atom stereocenters. The Morgan fingerprint density at radius 3 is 2.38 bits per heavy atom. The van der Waals surface area contributed by atoms with Gasteiger partial charge in [-0.05, 0) is 56.1 Å². The van der Waals surface area contributed by atoms with Crippen molar-refractivity contribution < 1.29 is 0 Å². The van der Waals surface area contributed by atoms with Crippen molar-refractivity contribution in [1.82, 2.24) is 24.4 Å². The van der Waals surface area contributed by atoms with Crippen LogP contribution in [0.25, 0.3) is 16.9 Å². The predicted octanol–water partition coefficient (Wildman–Crippen LogP) is 5.35. The van der Waals surface area contributed by atoms with Crippen molar-refractivity contribution in [3.05, 3.63) is 71.8 Å². The van der Waals surface area contributed by atoms with Crippen molar-refractivity contribution >= 4 is 22.7 Å². The Labute approximate surface area is 220 Å². The maximum absolute atomic E-state index is 5.04. The van der Waals surface area contributed by atoms with E-state index in [1.54, 1.807) is 6.33 Å². The van der Waals surface area contributed by atoms with Crippen molar-refractivity contribution in [3.8, 4) is 5.69 Å². The number of aryl methyl sites for hydroxylation is 1. The molecule has 1 aliphatic rings. The van der Waals surface area contributed by atoms with Gasteiger partial charge in [-0.3, -0.25) is 9.47 Å². The second-order valence-electron chi connectivity index (χ2n) is 11.1. The van der Waals surface area contributed by atoms with Crippen LogP contribution in [0.3, 0.4) is 0 Å². The smallest absolute Gasteiger partial charge is 0.170 e. The lowest BCUT2D eigenvalue weighted by Gasteiger charge is -2.37. The second kappa shape index (κ2) is 10.5. The summed E-state index contributed by atoms with van der Waals surface area (Å²) < 4.78 is 2.16. The van der Waals surface area contributed by atoms with Crippen molar-refractivity contribution in [2.24, 2.45) is 0 Å². The van der Waals surface area contributed by atoms with E-state index in [4.69, 9.17) is 4.98 Å². The maximum Gasteiger partial charge on any atom is 0.170 e. The molecule has 0 spiro atoms. The third-order valence-electron chi connectivity index (χ3n) is 7.36. The number of aromatic nitrogens is 4. The normalized spacial score (nSPS) is 14.9. The van der Waals surface area contributed by atoms with Gasteiger partial charge in [0.15, 0.2) is 17.0 Å². The average molecular weight is 498 g/mol. The molecule has 4 aromatic rings. The lowest BCUT2D eigenvalue weighted by atomic mass is 9.95. The first-order chi connectivity index (χ1) is 17.8. The van der Waals surface area contributed by atoms with Crippen LogP contribution in [0.15, 0.2) is 54.9 Å². The topological polar surface area (TPSA) is 62.1 Å². The molecule has 0 amide bonds. The minimum absolute atomic E-state index is 0.132. The van der Waals surface area contributed by atoms with Gasteiger partial charge in [-0.2, -0.15) is 0 Å². The summed E-state index contributed by atoms with van der Waals surface area (Å²) >= 11 is 0. The minimum Gasteiger partial charge on any atom is -0.369 e. The van der Waals surface area contributed by atoms with Gasteiger partial charge in [0.2, 0.25) is 0 Å². The van der Waals surface area contributed by atoms with Crippen molar-refractivity contribution in [3.63, 3.8) is 0 Å². The lowest BCUT2D eigenvalue weighted by molar-refractivity contribution is 0.257. The monoisotopic (exact) mass is 497 g/mol. The fraction of sp³-hybridized carbons (Fsp3) is 0.433. The summed E-state index contributed by atoms with van der Waals surface area (Å²) in [5, 5.41) is 3.55. The Bertz CT molecular complexity index is 1350. The summed E-state index contributed by atoms with van der Waals surface area (Å²) in [4.78, 5) is 19.3. The molecular weight excluding hydrogens is 458 g/mol. The van der Waals surface area contributed by atoms with Crippen molar-refractivity contribution in [1.29, 1.82) is 0 Å². The summed E-state index contributed by atoms with van der Waals surface area (Å²) in [6.07, 6.45) is 2.70. The fourth-order valence-corrected chi connectivity index (χ4v) is 5.15. The number of hydrogen-bond donors (Lipinski definition) is 1. The van der Waals surface area contributed by atoms with Crippen LogP contribution in [0.4, 0.5) is 11.5 Å². The zero-order valence-corrected chi connectivity index (χ0v) is 22.8. The average Bonchev–Trinajstić information content (AvgIpc) is 3.30. The van der Waals surface area contributed by atoms with E-state index in [-0.39, 0.29) is 5.41 Å². The molecule has 0 aliphatic carbocycles. The lowest BCUT2D eigenvalue weighted by Crippen LogP contribution is -2.47. The van der Waals surface area contributed by atoms with E-state index < -0.39 is 0 Å². The fourth-order valence-electron chi connectivity index (χ4n) is 5.15. The van der Waals surface area contributed by atoms with Crippen LogP contribution in [0.2, 0.25) is 0 Å². The molecule has 1 N–H and O–H groups in total. The molecule has 1 saturated heterocycles. The van der Waals surface area contributed by atoms with Crippen LogP contribution in [0, 0.1) is 13.8 Å². The molecule has 1 aliphatic heterocycles. The summed E-state index contributed by atoms with van der Waals surface area (Å²) in [6.45, 7) is 17.3. The minimum atomic E-state index is -0.132. The molecule has 7 heteroatoms. The Hall–Kier alpha value is -3.45. The molecule has 1 fully saturated rings. The Balaban J connectivity index is 1.22. The maximum atomic E-state index is 5.04. The number of anilines is 2. The largest absolute Gasteiger partial charge is 0.369 e. The van der Waals surface area contributed by atoms with Crippen molar-refractivity contribution in [2.45, 2.75) is 46.5 Å². The third-order valence-corrected chi connectivity index (χ3v) is 7.36. The van der Waals surface area contributed by atoms with Gasteiger partial charge in [-0.1, -0.05) is 51.1 Å². The van der Waals surface area contributed by atoms with E-state index in [2.05, 4.69) is 107 Å². The Morgan fingerprint density at radius 1 is 0.892 bits per heavy atom. The summed E-state index contributed by atoms with van der Waals surface area (Å²) in [5.74, 6) is 1.80. The first-order valence-electron chi connectivity index (χ1n) is 13.4. The molecule has 0 unspecified atom stereocenters. The number of fused-ring (bicyclic) bond motifs is 1. The highest BCUT2D eigenvalue weighted by atomic mass is 15.3. The summed E-state index contributed by atoms with van der Waals surface area (Å²) in [7, 11) is 0. The van der Waals surface area contributed by atoms with Gasteiger partial charge in [-0.25, -0.2) is 15.0 Å². The molecule has 7 nitrogen and oxygen atoms in total. The van der Waals surface area contributed by atoms with Crippen LogP contribution < -0.4 is 10.2 Å². The predicted molar refractivity (Wildman–Crippen MR) is 153 cm³/mol. The van der Waals surface area contributed by atoms with E-state index in [0.717, 1.165) is 74.2 Å². The van der Waals surface area contributed by atoms with Crippen molar-refractivity contribution in [2.75, 3.05) is 49.5 Å². The van der Waals surface area contributed by atoms with Crippen LogP contribution in [-0.4, -0.2) is 63.7 Å². The zero-order valence-electron chi connectivity index (χ0n) is 22.8. The highest BCUT2D eigenvalue weighted by Crippen LogP contribution is 2.31. The first-order valence-corrected chi connectivity index (χ1v) is 13.4. The summed E-state index contributed by atoms with van der Waals surface area (Å²) in [6, 6.07) is 17.0. The molecule has 194 valence electrons. The SMILES string of the molecule is Cc1cccc(N2CCN(CCCNc3ncnc4c3nc(C(C)(C)C)n4-c3ccccc3)CC2)c1C. The zero-order chi connectivity index (χ0) is 26.0. The highest BCUT2D eigenvalue weighted by molar-refractivity contribution is 5.84. The van der Waals surface area contributed by atoms with E-state index in [1.807, 2.05) is 6.07 Å². The number of nitrogens with zero attached hydrogens (tertiary/aromatic N) is 6. The molecule has 5 rings (SSSR count). The number of imidazole rings is 1. The molecule has 0 saturated carbocycles. The number of piperazine rings is 1. The first kappa shape index (κ1) is 25.2. The van der Waals surface area contributed by atoms with Gasteiger partial charge < -0.3 is 10.2 Å². The van der Waals surface area contributed by atoms with Gasteiger partial charge in [-0.15, -0.1) is 0 Å². The second-order valence-corrected chi connectivity index (χ2v) is 11.1. The van der Waals surface area contributed by atoms with Gasteiger partial charge in [0, 0.05) is 49.5 Å². The number of nitrogens with one attached hydrogen (secondary N) is 1. The quantitative estimate of drug-likeness (QED) is 0.347. The van der Waals surface area contributed by atoms with Gasteiger partial charge in [0.1, 0.15) is 12.2 Å². The van der Waals surface area contributed by atoms with Crippen LogP contribution in [0.1, 0.15) is 44.1 Å². The molecule has 0 bridgehead atoms. The third kappa shape index (κ3) is 5.32. The van der Waals surface area contributed by atoms with Gasteiger partial charge in [0.05, 0.1) is 0 Å². The molecular formula is C30H39N7. The highest BCUT2D eigenvalue weighted by Gasteiger charge is 2.26. The van der Waals surface area contributed by atoms with E-state index in [1.165, 1.54) is 16.8 Å². The number of hydrogen-bond acceptors (Lipinski definition) is 6. The number of para-hydroxylation sites is 1. The Morgan fingerprint density at radius 2 is 1.65 bits per heavy atom. The number of rotatable bonds is 7.